The molecular weight excluding hydrogens is 227 g/mol. The number of nitrogens with zero attached hydrogens (tertiary/aromatic N) is 1. The Morgan fingerprint density at radius 3 is 2.53 bits per heavy atom. The van der Waals surface area contributed by atoms with Crippen LogP contribution in [0.2, 0.25) is 0 Å². The molecule has 0 aromatic heterocycles. The van der Waals surface area contributed by atoms with Crippen molar-refractivity contribution in [1.82, 2.24) is 4.90 Å². The minimum Gasteiger partial charge on any atom is -0.422 e. The van der Waals surface area contributed by atoms with Gasteiger partial charge < -0.3 is 4.18 Å². The molecule has 15 heavy (non-hydrogen) atoms. The molecule has 2 nitrogen and oxygen atoms in total. The minimum atomic E-state index is -4.32. The summed E-state index contributed by atoms with van der Waals surface area (Å²) in [7, 11) is 0. The fraction of sp³-hybridized carbons (Fsp3) is 0.778. The van der Waals surface area contributed by atoms with E-state index in [-0.39, 0.29) is 0 Å². The van der Waals surface area contributed by atoms with Gasteiger partial charge in [0.25, 0.3) is 0 Å². The Labute approximate surface area is 91.7 Å². The van der Waals surface area contributed by atoms with Gasteiger partial charge in [0.05, 0.1) is 0 Å². The van der Waals surface area contributed by atoms with Gasteiger partial charge in [0.15, 0.2) is 12.0 Å². The lowest BCUT2D eigenvalue weighted by molar-refractivity contribution is -0.0386. The molecule has 0 bridgehead atoms. The summed E-state index contributed by atoms with van der Waals surface area (Å²) in [6.07, 6.45) is 2.25. The standard InChI is InChI=1S/C9H14F3NOS/c1-7(2)13-5-3-8(4-6-13)14-15-9(10,11)12/h3,7H,4-6H2,1-2H3. The molecule has 6 heteroatoms. The van der Waals surface area contributed by atoms with E-state index in [4.69, 9.17) is 0 Å². The lowest BCUT2D eigenvalue weighted by Crippen LogP contribution is -2.34. The van der Waals surface area contributed by atoms with E-state index in [1.54, 1.807) is 6.08 Å². The summed E-state index contributed by atoms with van der Waals surface area (Å²) in [4.78, 5) is 2.17. The van der Waals surface area contributed by atoms with Crippen LogP contribution in [0.3, 0.4) is 0 Å². The third-order valence-corrected chi connectivity index (χ3v) is 2.66. The van der Waals surface area contributed by atoms with Crippen molar-refractivity contribution in [2.24, 2.45) is 0 Å². The third kappa shape index (κ3) is 4.79. The largest absolute Gasteiger partial charge is 0.479 e. The van der Waals surface area contributed by atoms with Gasteiger partial charge in [-0.25, -0.2) is 0 Å². The molecule has 0 aromatic carbocycles. The Kier molecular flexibility index (Phi) is 4.33. The van der Waals surface area contributed by atoms with Crippen molar-refractivity contribution in [3.05, 3.63) is 11.8 Å². The molecule has 0 saturated heterocycles. The van der Waals surface area contributed by atoms with Gasteiger partial charge in [-0.2, -0.15) is 13.2 Å². The average molecular weight is 241 g/mol. The zero-order valence-corrected chi connectivity index (χ0v) is 9.49. The summed E-state index contributed by atoms with van der Waals surface area (Å²) in [5.74, 6) is 0.425. The quantitative estimate of drug-likeness (QED) is 0.704. The first-order valence-electron chi connectivity index (χ1n) is 4.74. The minimum absolute atomic E-state index is 0.415. The highest BCUT2D eigenvalue weighted by molar-refractivity contribution is 7.95. The summed E-state index contributed by atoms with van der Waals surface area (Å²) in [5, 5.41) is 0. The fourth-order valence-electron chi connectivity index (χ4n) is 1.31. The Morgan fingerprint density at radius 2 is 2.13 bits per heavy atom. The SMILES string of the molecule is CC(C)N1CC=C(OSC(F)(F)F)CC1. The van der Waals surface area contributed by atoms with Gasteiger partial charge in [-0.1, -0.05) is 0 Å². The maximum Gasteiger partial charge on any atom is 0.479 e. The van der Waals surface area contributed by atoms with Crippen LogP contribution in [0.25, 0.3) is 0 Å². The molecule has 0 unspecified atom stereocenters. The fourth-order valence-corrected chi connectivity index (χ4v) is 1.66. The van der Waals surface area contributed by atoms with Crippen LogP contribution < -0.4 is 0 Å². The smallest absolute Gasteiger partial charge is 0.422 e. The predicted octanol–water partition coefficient (Wildman–Crippen LogP) is 3.17. The Bertz CT molecular complexity index is 240. The van der Waals surface area contributed by atoms with Gasteiger partial charge >= 0.3 is 5.51 Å². The van der Waals surface area contributed by atoms with Crippen molar-refractivity contribution in [3.8, 4) is 0 Å². The molecule has 1 aliphatic rings. The zero-order valence-electron chi connectivity index (χ0n) is 8.67. The first-order chi connectivity index (χ1) is 6.88. The summed E-state index contributed by atoms with van der Waals surface area (Å²) in [6, 6.07) is 0.415. The van der Waals surface area contributed by atoms with Crippen molar-refractivity contribution >= 4 is 12.0 Å². The van der Waals surface area contributed by atoms with E-state index in [0.29, 0.717) is 24.8 Å². The maximum absolute atomic E-state index is 11.8. The van der Waals surface area contributed by atoms with Crippen molar-refractivity contribution in [2.75, 3.05) is 13.1 Å². The van der Waals surface area contributed by atoms with Crippen LogP contribution >= 0.6 is 12.0 Å². The molecule has 0 aliphatic carbocycles. The number of alkyl halides is 3. The molecule has 0 radical (unpaired) electrons. The molecule has 0 N–H and O–H groups in total. The van der Waals surface area contributed by atoms with E-state index >= 15 is 0 Å². The molecule has 0 saturated carbocycles. The summed E-state index contributed by atoms with van der Waals surface area (Å²) in [5.41, 5.74) is -4.32. The second-order valence-corrected chi connectivity index (χ2v) is 4.42. The van der Waals surface area contributed by atoms with Gasteiger partial charge in [-0.3, -0.25) is 4.90 Å². The normalized spacial score (nSPS) is 19.2. The van der Waals surface area contributed by atoms with Crippen LogP contribution in [0.4, 0.5) is 13.2 Å². The van der Waals surface area contributed by atoms with Gasteiger partial charge in [-0.05, 0) is 19.9 Å². The molecule has 0 spiro atoms. The van der Waals surface area contributed by atoms with Crippen molar-refractivity contribution < 1.29 is 17.4 Å². The Morgan fingerprint density at radius 1 is 1.47 bits per heavy atom. The van der Waals surface area contributed by atoms with Crippen LogP contribution in [-0.2, 0) is 4.18 Å². The highest BCUT2D eigenvalue weighted by Crippen LogP contribution is 2.34. The van der Waals surface area contributed by atoms with E-state index in [1.165, 1.54) is 0 Å². The van der Waals surface area contributed by atoms with Gasteiger partial charge in [-0.15, -0.1) is 0 Å². The first-order valence-corrected chi connectivity index (χ1v) is 5.48. The predicted molar refractivity (Wildman–Crippen MR) is 54.1 cm³/mol. The molecule has 0 atom stereocenters. The molecule has 0 fully saturated rings. The molecular formula is C9H14F3NOS. The summed E-state index contributed by atoms with van der Waals surface area (Å²) >= 11 is -0.437. The number of hydrogen-bond donors (Lipinski definition) is 0. The van der Waals surface area contributed by atoms with E-state index in [1.807, 2.05) is 0 Å². The number of rotatable bonds is 3. The molecule has 1 rings (SSSR count). The molecule has 0 amide bonds. The zero-order chi connectivity index (χ0) is 11.5. The first kappa shape index (κ1) is 12.7. The molecule has 0 aromatic rings. The Balaban J connectivity index is 2.34. The van der Waals surface area contributed by atoms with Crippen molar-refractivity contribution in [3.63, 3.8) is 0 Å². The van der Waals surface area contributed by atoms with E-state index < -0.39 is 17.6 Å². The van der Waals surface area contributed by atoms with Crippen molar-refractivity contribution in [2.45, 2.75) is 31.8 Å². The second kappa shape index (κ2) is 5.12. The maximum atomic E-state index is 11.8. The second-order valence-electron chi connectivity index (χ2n) is 3.62. The van der Waals surface area contributed by atoms with Crippen LogP contribution in [0.1, 0.15) is 20.3 Å². The lowest BCUT2D eigenvalue weighted by atomic mass is 10.2. The third-order valence-electron chi connectivity index (χ3n) is 2.17. The van der Waals surface area contributed by atoms with Crippen molar-refractivity contribution in [1.29, 1.82) is 0 Å². The number of hydrogen-bond acceptors (Lipinski definition) is 3. The van der Waals surface area contributed by atoms with Gasteiger partial charge in [0.2, 0.25) is 0 Å². The average Bonchev–Trinajstić information content (AvgIpc) is 2.14. The highest BCUT2D eigenvalue weighted by atomic mass is 32.2. The van der Waals surface area contributed by atoms with Crippen LogP contribution in [0.5, 0.6) is 0 Å². The van der Waals surface area contributed by atoms with Gasteiger partial charge in [0, 0.05) is 25.6 Å². The summed E-state index contributed by atoms with van der Waals surface area (Å²) < 4.78 is 40.0. The topological polar surface area (TPSA) is 12.5 Å². The van der Waals surface area contributed by atoms with E-state index in [9.17, 15) is 13.2 Å². The van der Waals surface area contributed by atoms with E-state index in [0.717, 1.165) is 6.54 Å². The molecule has 1 aliphatic heterocycles. The van der Waals surface area contributed by atoms with Crippen LogP contribution in [0, 0.1) is 0 Å². The molecule has 88 valence electrons. The monoisotopic (exact) mass is 241 g/mol. The summed E-state index contributed by atoms with van der Waals surface area (Å²) in [6.45, 7) is 5.53. The Hall–Kier alpha value is -0.360. The van der Waals surface area contributed by atoms with E-state index in [2.05, 4.69) is 22.9 Å². The van der Waals surface area contributed by atoms with Crippen LogP contribution in [-0.4, -0.2) is 29.5 Å². The lowest BCUT2D eigenvalue weighted by Gasteiger charge is -2.29. The highest BCUT2D eigenvalue weighted by Gasteiger charge is 2.32. The van der Waals surface area contributed by atoms with Gasteiger partial charge in [0.1, 0.15) is 5.76 Å². The molecule has 1 heterocycles. The van der Waals surface area contributed by atoms with Crippen LogP contribution in [0.15, 0.2) is 11.8 Å². The number of halogens is 3.